The summed E-state index contributed by atoms with van der Waals surface area (Å²) >= 11 is 1.77. The Hall–Kier alpha value is -2.38. The van der Waals surface area contributed by atoms with Crippen LogP contribution in [0.2, 0.25) is 0 Å². The molecule has 1 fully saturated rings. The van der Waals surface area contributed by atoms with Gasteiger partial charge >= 0.3 is 0 Å². The van der Waals surface area contributed by atoms with Crippen LogP contribution in [-0.2, 0) is 4.79 Å². The number of hydrogen-bond acceptors (Lipinski definition) is 4. The molecule has 0 aliphatic carbocycles. The Morgan fingerprint density at radius 1 is 1.20 bits per heavy atom. The van der Waals surface area contributed by atoms with Crippen LogP contribution < -0.4 is 0 Å². The Kier molecular flexibility index (Phi) is 6.11. The molecule has 0 spiro atoms. The summed E-state index contributed by atoms with van der Waals surface area (Å²) < 4.78 is 27.9. The molecule has 1 saturated heterocycles. The first-order valence-corrected chi connectivity index (χ1v) is 11.0. The van der Waals surface area contributed by atoms with Crippen molar-refractivity contribution in [2.24, 2.45) is 0 Å². The second-order valence-electron chi connectivity index (χ2n) is 7.92. The first-order valence-electron chi connectivity index (χ1n) is 10.2. The maximum atomic E-state index is 13.5. The van der Waals surface area contributed by atoms with E-state index in [9.17, 15) is 13.6 Å². The normalized spacial score (nSPS) is 16.7. The van der Waals surface area contributed by atoms with E-state index >= 15 is 0 Å². The molecule has 1 unspecified atom stereocenters. The number of nitrogens with zero attached hydrogens (tertiary/aromatic N) is 3. The van der Waals surface area contributed by atoms with Crippen molar-refractivity contribution in [2.75, 3.05) is 26.7 Å². The van der Waals surface area contributed by atoms with E-state index in [2.05, 4.69) is 11.0 Å². The van der Waals surface area contributed by atoms with Crippen LogP contribution in [0.5, 0.6) is 0 Å². The van der Waals surface area contributed by atoms with Gasteiger partial charge in [0, 0.05) is 13.0 Å². The van der Waals surface area contributed by atoms with E-state index < -0.39 is 11.6 Å². The number of amides is 1. The van der Waals surface area contributed by atoms with Crippen molar-refractivity contribution in [3.8, 4) is 0 Å². The summed E-state index contributed by atoms with van der Waals surface area (Å²) in [5.74, 6) is -1.36. The number of para-hydroxylation sites is 1. The summed E-state index contributed by atoms with van der Waals surface area (Å²) in [6.45, 7) is 3.85. The first-order chi connectivity index (χ1) is 14.4. The molecule has 4 nitrogen and oxygen atoms in total. The topological polar surface area (TPSA) is 36.4 Å². The van der Waals surface area contributed by atoms with Crippen LogP contribution in [-0.4, -0.2) is 47.4 Å². The molecule has 3 aromatic rings. The molecule has 0 saturated carbocycles. The minimum Gasteiger partial charge on any atom is -0.338 e. The van der Waals surface area contributed by atoms with Crippen molar-refractivity contribution in [3.63, 3.8) is 0 Å². The number of thiazole rings is 1. The van der Waals surface area contributed by atoms with Gasteiger partial charge in [-0.25, -0.2) is 13.8 Å². The molecule has 0 bridgehead atoms. The Morgan fingerprint density at radius 2 is 1.93 bits per heavy atom. The van der Waals surface area contributed by atoms with Gasteiger partial charge in [-0.2, -0.15) is 0 Å². The molecule has 2 heterocycles. The molecule has 7 heteroatoms. The standard InChI is InChI=1S/C23H25F2N3OS/c1-15(17-7-8-18(24)19(25)13-17)27(2)22(29)14-28-11-9-16(10-12-28)23-26-20-5-3-4-6-21(20)30-23/h3-8,13,15-16H,9-12,14H2,1-2H3. The quantitative estimate of drug-likeness (QED) is 0.574. The van der Waals surface area contributed by atoms with Crippen molar-refractivity contribution in [1.29, 1.82) is 0 Å². The lowest BCUT2D eigenvalue weighted by molar-refractivity contribution is -0.133. The number of hydrogen-bond donors (Lipinski definition) is 0. The van der Waals surface area contributed by atoms with Gasteiger partial charge in [-0.1, -0.05) is 18.2 Å². The average molecular weight is 430 g/mol. The summed E-state index contributed by atoms with van der Waals surface area (Å²) in [7, 11) is 1.71. The van der Waals surface area contributed by atoms with Gasteiger partial charge in [0.25, 0.3) is 0 Å². The van der Waals surface area contributed by atoms with Gasteiger partial charge in [-0.3, -0.25) is 9.69 Å². The largest absolute Gasteiger partial charge is 0.338 e. The fourth-order valence-electron chi connectivity index (χ4n) is 3.92. The number of piperidine rings is 1. The van der Waals surface area contributed by atoms with Crippen molar-refractivity contribution >= 4 is 27.5 Å². The zero-order chi connectivity index (χ0) is 21.3. The number of fused-ring (bicyclic) bond motifs is 1. The highest BCUT2D eigenvalue weighted by Gasteiger charge is 2.26. The van der Waals surface area contributed by atoms with Crippen molar-refractivity contribution < 1.29 is 13.6 Å². The predicted molar refractivity (Wildman–Crippen MR) is 116 cm³/mol. The van der Waals surface area contributed by atoms with Gasteiger partial charge < -0.3 is 4.90 Å². The van der Waals surface area contributed by atoms with Crippen molar-refractivity contribution in [2.45, 2.75) is 31.7 Å². The fourth-order valence-corrected chi connectivity index (χ4v) is 5.05. The SMILES string of the molecule is CC(c1ccc(F)c(F)c1)N(C)C(=O)CN1CCC(c2nc3ccccc3s2)CC1. The zero-order valence-electron chi connectivity index (χ0n) is 17.1. The molecule has 1 aromatic heterocycles. The van der Waals surface area contributed by atoms with Crippen LogP contribution in [0.3, 0.4) is 0 Å². The van der Waals surface area contributed by atoms with Crippen molar-refractivity contribution in [3.05, 3.63) is 64.7 Å². The van der Waals surface area contributed by atoms with Gasteiger partial charge in [0.2, 0.25) is 5.91 Å². The van der Waals surface area contributed by atoms with E-state index in [1.54, 1.807) is 23.3 Å². The minimum absolute atomic E-state index is 0.0225. The third-order valence-corrected chi connectivity index (χ3v) is 7.21. The second-order valence-corrected chi connectivity index (χ2v) is 8.99. The van der Waals surface area contributed by atoms with E-state index in [0.29, 0.717) is 18.0 Å². The van der Waals surface area contributed by atoms with Crippen LogP contribution in [0.25, 0.3) is 10.2 Å². The molecule has 30 heavy (non-hydrogen) atoms. The van der Waals surface area contributed by atoms with Crippen LogP contribution in [0.15, 0.2) is 42.5 Å². The van der Waals surface area contributed by atoms with E-state index in [0.717, 1.165) is 43.6 Å². The molecule has 1 aliphatic rings. The number of likely N-dealkylation sites (tertiary alicyclic amines) is 1. The number of aromatic nitrogens is 1. The van der Waals surface area contributed by atoms with Crippen LogP contribution in [0.1, 0.15) is 42.3 Å². The number of likely N-dealkylation sites (N-methyl/N-ethyl adjacent to an activating group) is 1. The third-order valence-electron chi connectivity index (χ3n) is 6.01. The van der Waals surface area contributed by atoms with E-state index in [1.165, 1.54) is 15.8 Å². The first kappa shape index (κ1) is 20.9. The maximum Gasteiger partial charge on any atom is 0.236 e. The van der Waals surface area contributed by atoms with Crippen LogP contribution in [0.4, 0.5) is 8.78 Å². The molecule has 158 valence electrons. The Bertz CT molecular complexity index is 1010. The lowest BCUT2D eigenvalue weighted by Crippen LogP contribution is -2.42. The number of carbonyl (C=O) groups excluding carboxylic acids is 1. The Morgan fingerprint density at radius 3 is 2.63 bits per heavy atom. The lowest BCUT2D eigenvalue weighted by atomic mass is 9.97. The monoisotopic (exact) mass is 429 g/mol. The summed E-state index contributed by atoms with van der Waals surface area (Å²) in [4.78, 5) is 21.3. The molecule has 1 aliphatic heterocycles. The molecular formula is C23H25F2N3OS. The highest BCUT2D eigenvalue weighted by molar-refractivity contribution is 7.18. The van der Waals surface area contributed by atoms with Gasteiger partial charge in [0.1, 0.15) is 0 Å². The summed E-state index contributed by atoms with van der Waals surface area (Å²) in [5, 5.41) is 1.19. The van der Waals surface area contributed by atoms with Crippen molar-refractivity contribution in [1.82, 2.24) is 14.8 Å². The smallest absolute Gasteiger partial charge is 0.236 e. The zero-order valence-corrected chi connectivity index (χ0v) is 18.0. The lowest BCUT2D eigenvalue weighted by Gasteiger charge is -2.33. The summed E-state index contributed by atoms with van der Waals surface area (Å²) in [5.41, 5.74) is 1.64. The summed E-state index contributed by atoms with van der Waals surface area (Å²) in [6, 6.07) is 11.7. The number of carbonyl (C=O) groups is 1. The average Bonchev–Trinajstić information content (AvgIpc) is 3.19. The van der Waals surface area contributed by atoms with Crippen LogP contribution >= 0.6 is 11.3 Å². The number of benzene rings is 2. The van der Waals surface area contributed by atoms with Crippen LogP contribution in [0, 0.1) is 11.6 Å². The van der Waals surface area contributed by atoms with E-state index in [1.807, 2.05) is 25.1 Å². The third kappa shape index (κ3) is 4.37. The molecule has 4 rings (SSSR count). The Labute approximate surface area is 179 Å². The second kappa shape index (κ2) is 8.78. The molecular weight excluding hydrogens is 404 g/mol. The summed E-state index contributed by atoms with van der Waals surface area (Å²) in [6.07, 6.45) is 1.96. The van der Waals surface area contributed by atoms with E-state index in [4.69, 9.17) is 4.98 Å². The van der Waals surface area contributed by atoms with Gasteiger partial charge in [0.05, 0.1) is 27.8 Å². The number of rotatable bonds is 5. The molecule has 1 amide bonds. The van der Waals surface area contributed by atoms with E-state index in [-0.39, 0.29) is 11.9 Å². The predicted octanol–water partition coefficient (Wildman–Crippen LogP) is 4.97. The van der Waals surface area contributed by atoms with Gasteiger partial charge in [0.15, 0.2) is 11.6 Å². The molecule has 0 radical (unpaired) electrons. The highest BCUT2D eigenvalue weighted by Crippen LogP contribution is 2.33. The fraction of sp³-hybridized carbons (Fsp3) is 0.391. The highest BCUT2D eigenvalue weighted by atomic mass is 32.1. The van der Waals surface area contributed by atoms with Gasteiger partial charge in [-0.15, -0.1) is 11.3 Å². The molecule has 2 aromatic carbocycles. The molecule has 1 atom stereocenters. The number of halogens is 2. The maximum absolute atomic E-state index is 13.5. The van der Waals surface area contributed by atoms with Gasteiger partial charge in [-0.05, 0) is 62.7 Å². The Balaban J connectivity index is 1.32. The minimum atomic E-state index is -0.892. The molecule has 0 N–H and O–H groups in total.